The number of oxazole rings is 1. The number of halogens is 1. The van der Waals surface area contributed by atoms with Gasteiger partial charge in [0.25, 0.3) is 5.91 Å². The van der Waals surface area contributed by atoms with Crippen LogP contribution >= 0.6 is 0 Å². The summed E-state index contributed by atoms with van der Waals surface area (Å²) in [7, 11) is 0. The largest absolute Gasteiger partial charge is 0.447 e. The number of aromatic nitrogens is 2. The molecule has 0 radical (unpaired) electrons. The molecule has 0 fully saturated rings. The fraction of sp³-hybridized carbons (Fsp3) is 0.308. The minimum Gasteiger partial charge on any atom is -0.447 e. The van der Waals surface area contributed by atoms with E-state index >= 15 is 0 Å². The van der Waals surface area contributed by atoms with Gasteiger partial charge in [-0.15, -0.1) is 0 Å². The molecular weight excluding hydrogens is 419 g/mol. The molecule has 0 unspecified atom stereocenters. The van der Waals surface area contributed by atoms with Crippen LogP contribution in [0, 0.1) is 5.82 Å². The number of carbonyl (C=O) groups excluding carboxylic acids is 1. The van der Waals surface area contributed by atoms with Gasteiger partial charge in [-0.25, -0.2) is 9.37 Å². The van der Waals surface area contributed by atoms with Gasteiger partial charge in [-0.1, -0.05) is 37.3 Å². The molecule has 0 saturated heterocycles. The number of hydrogen-bond acceptors (Lipinski definition) is 4. The van der Waals surface area contributed by atoms with Crippen LogP contribution in [-0.4, -0.2) is 33.4 Å². The van der Waals surface area contributed by atoms with Crippen molar-refractivity contribution in [1.29, 1.82) is 0 Å². The van der Waals surface area contributed by atoms with Crippen molar-refractivity contribution >= 4 is 16.8 Å². The zero-order chi connectivity index (χ0) is 23.2. The van der Waals surface area contributed by atoms with E-state index in [9.17, 15) is 9.18 Å². The number of H-pyrrole nitrogens is 1. The maximum Gasteiger partial charge on any atom is 0.273 e. The Kier molecular flexibility index (Phi) is 7.19. The van der Waals surface area contributed by atoms with Crippen LogP contribution in [0.1, 0.15) is 47.8 Å². The molecule has 0 aliphatic carbocycles. The molecule has 0 aliphatic heterocycles. The first-order chi connectivity index (χ1) is 16.0. The minimum atomic E-state index is -0.260. The standard InChI is InChI=1S/C26H29FN4O2/c1-3-18(2)29-26(32)24-17-33-25(30-24)16-31(15-19-7-6-8-21(27)13-19)12-11-20-14-28-23-10-5-4-9-22(20)23/h4-10,13-14,17-18,28H,3,11-12,15-16H2,1-2H3,(H,29,32)/t18-/m1/s1. The SMILES string of the molecule is CC[C@@H](C)NC(=O)c1coc(CN(CCc2c[nH]c3ccccc23)Cc2cccc(F)c2)n1. The molecule has 7 heteroatoms. The number of amides is 1. The van der Waals surface area contributed by atoms with E-state index in [0.717, 1.165) is 30.5 Å². The van der Waals surface area contributed by atoms with Crippen molar-refractivity contribution in [2.45, 2.75) is 45.8 Å². The number of aromatic amines is 1. The Morgan fingerprint density at radius 2 is 2.06 bits per heavy atom. The van der Waals surface area contributed by atoms with E-state index in [4.69, 9.17) is 4.42 Å². The molecule has 2 N–H and O–H groups in total. The molecule has 1 amide bonds. The van der Waals surface area contributed by atoms with Crippen molar-refractivity contribution in [3.63, 3.8) is 0 Å². The molecule has 4 aromatic rings. The van der Waals surface area contributed by atoms with Crippen molar-refractivity contribution in [3.8, 4) is 0 Å². The second kappa shape index (κ2) is 10.4. The van der Waals surface area contributed by atoms with Gasteiger partial charge < -0.3 is 14.7 Å². The Morgan fingerprint density at radius 1 is 1.21 bits per heavy atom. The van der Waals surface area contributed by atoms with Crippen LogP contribution in [0.15, 0.2) is 65.4 Å². The highest BCUT2D eigenvalue weighted by Gasteiger charge is 2.17. The van der Waals surface area contributed by atoms with E-state index in [2.05, 4.69) is 32.3 Å². The summed E-state index contributed by atoms with van der Waals surface area (Å²) in [6.45, 7) is 5.63. The first kappa shape index (κ1) is 22.7. The zero-order valence-electron chi connectivity index (χ0n) is 19.0. The van der Waals surface area contributed by atoms with Crippen molar-refractivity contribution in [2.24, 2.45) is 0 Å². The molecule has 0 aliphatic rings. The maximum absolute atomic E-state index is 13.8. The second-order valence-corrected chi connectivity index (χ2v) is 8.36. The lowest BCUT2D eigenvalue weighted by molar-refractivity contribution is 0.0934. The van der Waals surface area contributed by atoms with E-state index in [1.807, 2.05) is 38.2 Å². The Morgan fingerprint density at radius 3 is 2.88 bits per heavy atom. The summed E-state index contributed by atoms with van der Waals surface area (Å²) in [6, 6.07) is 14.9. The third kappa shape index (κ3) is 5.87. The van der Waals surface area contributed by atoms with Gasteiger partial charge in [0.05, 0.1) is 6.54 Å². The van der Waals surface area contributed by atoms with Gasteiger partial charge in [-0.3, -0.25) is 9.69 Å². The number of rotatable bonds is 10. The van der Waals surface area contributed by atoms with Crippen molar-refractivity contribution in [2.75, 3.05) is 6.54 Å². The van der Waals surface area contributed by atoms with Gasteiger partial charge in [0.15, 0.2) is 5.69 Å². The topological polar surface area (TPSA) is 74.2 Å². The highest BCUT2D eigenvalue weighted by Crippen LogP contribution is 2.19. The second-order valence-electron chi connectivity index (χ2n) is 8.36. The number of nitrogens with zero attached hydrogens (tertiary/aromatic N) is 2. The monoisotopic (exact) mass is 448 g/mol. The van der Waals surface area contributed by atoms with Gasteiger partial charge in [-0.05, 0) is 49.1 Å². The van der Waals surface area contributed by atoms with Crippen LogP contribution in [0.5, 0.6) is 0 Å². The van der Waals surface area contributed by atoms with Crippen molar-refractivity contribution in [1.82, 2.24) is 20.2 Å². The number of benzene rings is 2. The summed E-state index contributed by atoms with van der Waals surface area (Å²) in [5.74, 6) is -0.0429. The van der Waals surface area contributed by atoms with E-state index < -0.39 is 0 Å². The molecule has 6 nitrogen and oxygen atoms in total. The van der Waals surface area contributed by atoms with Gasteiger partial charge >= 0.3 is 0 Å². The summed E-state index contributed by atoms with van der Waals surface area (Å²) < 4.78 is 19.4. The third-order valence-electron chi connectivity index (χ3n) is 5.80. The van der Waals surface area contributed by atoms with Gasteiger partial charge in [0, 0.05) is 36.2 Å². The number of hydrogen-bond donors (Lipinski definition) is 2. The molecule has 0 spiro atoms. The van der Waals surface area contributed by atoms with Crippen LogP contribution in [0.25, 0.3) is 10.9 Å². The van der Waals surface area contributed by atoms with Crippen LogP contribution in [0.2, 0.25) is 0 Å². The van der Waals surface area contributed by atoms with Crippen molar-refractivity contribution < 1.29 is 13.6 Å². The Hall–Kier alpha value is -3.45. The van der Waals surface area contributed by atoms with Gasteiger partial charge in [0.2, 0.25) is 5.89 Å². The van der Waals surface area contributed by atoms with E-state index in [0.29, 0.717) is 19.0 Å². The summed E-state index contributed by atoms with van der Waals surface area (Å²) in [5, 5.41) is 4.10. The molecule has 1 atom stereocenters. The Balaban J connectivity index is 1.48. The van der Waals surface area contributed by atoms with Crippen LogP contribution in [0.3, 0.4) is 0 Å². The lowest BCUT2D eigenvalue weighted by Gasteiger charge is -2.21. The number of fused-ring (bicyclic) bond motifs is 1. The Labute approximate surface area is 192 Å². The average molecular weight is 449 g/mol. The highest BCUT2D eigenvalue weighted by atomic mass is 19.1. The minimum absolute atomic E-state index is 0.0679. The summed E-state index contributed by atoms with van der Waals surface area (Å²) >= 11 is 0. The predicted molar refractivity (Wildman–Crippen MR) is 126 cm³/mol. The van der Waals surface area contributed by atoms with Crippen LogP contribution in [0.4, 0.5) is 4.39 Å². The molecule has 2 heterocycles. The maximum atomic E-state index is 13.8. The van der Waals surface area contributed by atoms with E-state index in [1.54, 1.807) is 12.1 Å². The average Bonchev–Trinajstić information content (AvgIpc) is 3.44. The summed E-state index contributed by atoms with van der Waals surface area (Å²) in [5.41, 5.74) is 3.47. The third-order valence-corrected chi connectivity index (χ3v) is 5.80. The summed E-state index contributed by atoms with van der Waals surface area (Å²) in [6.07, 6.45) is 5.08. The van der Waals surface area contributed by atoms with Gasteiger partial charge in [0.1, 0.15) is 12.1 Å². The van der Waals surface area contributed by atoms with Crippen LogP contribution < -0.4 is 5.32 Å². The molecule has 33 heavy (non-hydrogen) atoms. The quantitative estimate of drug-likeness (QED) is 0.355. The molecular formula is C26H29FN4O2. The summed E-state index contributed by atoms with van der Waals surface area (Å²) in [4.78, 5) is 22.2. The molecule has 0 bridgehead atoms. The molecule has 2 aromatic carbocycles. The Bertz CT molecular complexity index is 1220. The lowest BCUT2D eigenvalue weighted by Crippen LogP contribution is -2.32. The first-order valence-electron chi connectivity index (χ1n) is 11.3. The lowest BCUT2D eigenvalue weighted by atomic mass is 10.1. The van der Waals surface area contributed by atoms with E-state index in [1.165, 1.54) is 23.3 Å². The normalized spacial score (nSPS) is 12.4. The molecule has 172 valence electrons. The molecule has 0 saturated carbocycles. The predicted octanol–water partition coefficient (Wildman–Crippen LogP) is 5.07. The fourth-order valence-electron chi connectivity index (χ4n) is 3.80. The fourth-order valence-corrected chi connectivity index (χ4v) is 3.80. The smallest absolute Gasteiger partial charge is 0.273 e. The van der Waals surface area contributed by atoms with Crippen LogP contribution in [-0.2, 0) is 19.5 Å². The number of nitrogens with one attached hydrogen (secondary N) is 2. The molecule has 4 rings (SSSR count). The highest BCUT2D eigenvalue weighted by molar-refractivity contribution is 5.92. The van der Waals surface area contributed by atoms with E-state index in [-0.39, 0.29) is 23.5 Å². The number of para-hydroxylation sites is 1. The number of carbonyl (C=O) groups is 1. The molecule has 2 aromatic heterocycles. The first-order valence-corrected chi connectivity index (χ1v) is 11.3. The van der Waals surface area contributed by atoms with Gasteiger partial charge in [-0.2, -0.15) is 0 Å². The van der Waals surface area contributed by atoms with Crippen molar-refractivity contribution in [3.05, 3.63) is 89.5 Å². The zero-order valence-corrected chi connectivity index (χ0v) is 19.0.